The Morgan fingerprint density at radius 2 is 2.28 bits per heavy atom. The fourth-order valence-electron chi connectivity index (χ4n) is 1.38. The monoisotopic (exact) mass is 253 g/mol. The number of carbonyl (C=O) groups excluding carboxylic acids is 1. The van der Waals surface area contributed by atoms with Gasteiger partial charge in [0, 0.05) is 19.7 Å². The summed E-state index contributed by atoms with van der Waals surface area (Å²) in [6.07, 6.45) is 1.94. The SMILES string of the molecule is CCCCNC(=O)c1ccc(=O)n(CCOC)n1. The molecule has 100 valence electrons. The summed E-state index contributed by atoms with van der Waals surface area (Å²) in [6.45, 7) is 3.39. The Morgan fingerprint density at radius 1 is 1.50 bits per heavy atom. The van der Waals surface area contributed by atoms with Crippen molar-refractivity contribution >= 4 is 5.91 Å². The van der Waals surface area contributed by atoms with Gasteiger partial charge in [-0.15, -0.1) is 0 Å². The van der Waals surface area contributed by atoms with Crippen LogP contribution in [-0.2, 0) is 11.3 Å². The first-order valence-electron chi connectivity index (χ1n) is 6.04. The molecule has 6 heteroatoms. The Balaban J connectivity index is 2.71. The van der Waals surface area contributed by atoms with Crippen molar-refractivity contribution < 1.29 is 9.53 Å². The standard InChI is InChI=1S/C12H19N3O3/c1-3-4-7-13-12(17)10-5-6-11(16)15(14-10)8-9-18-2/h5-6H,3-4,7-9H2,1-2H3,(H,13,17). The maximum atomic E-state index is 11.7. The van der Waals surface area contributed by atoms with Gasteiger partial charge in [-0.25, -0.2) is 4.68 Å². The maximum Gasteiger partial charge on any atom is 0.271 e. The molecule has 0 unspecified atom stereocenters. The van der Waals surface area contributed by atoms with Crippen LogP contribution in [-0.4, -0.2) is 35.9 Å². The zero-order valence-corrected chi connectivity index (χ0v) is 10.8. The first kappa shape index (κ1) is 14.4. The van der Waals surface area contributed by atoms with Gasteiger partial charge in [-0.05, 0) is 12.5 Å². The van der Waals surface area contributed by atoms with Gasteiger partial charge in [-0.3, -0.25) is 9.59 Å². The van der Waals surface area contributed by atoms with Crippen LogP contribution in [0.2, 0.25) is 0 Å². The van der Waals surface area contributed by atoms with Crippen LogP contribution in [0.4, 0.5) is 0 Å². The van der Waals surface area contributed by atoms with Gasteiger partial charge in [0.2, 0.25) is 0 Å². The fourth-order valence-corrected chi connectivity index (χ4v) is 1.38. The van der Waals surface area contributed by atoms with Gasteiger partial charge in [0.25, 0.3) is 11.5 Å². The molecule has 1 aromatic rings. The van der Waals surface area contributed by atoms with Gasteiger partial charge < -0.3 is 10.1 Å². The van der Waals surface area contributed by atoms with E-state index in [1.165, 1.54) is 16.8 Å². The van der Waals surface area contributed by atoms with Crippen LogP contribution in [0.15, 0.2) is 16.9 Å². The first-order chi connectivity index (χ1) is 8.69. The van der Waals surface area contributed by atoms with Gasteiger partial charge in [-0.2, -0.15) is 5.10 Å². The van der Waals surface area contributed by atoms with E-state index in [1.807, 2.05) is 0 Å². The van der Waals surface area contributed by atoms with Crippen LogP contribution in [0, 0.1) is 0 Å². The Hall–Kier alpha value is -1.69. The molecule has 1 rings (SSSR count). The third kappa shape index (κ3) is 4.29. The van der Waals surface area contributed by atoms with E-state index in [0.29, 0.717) is 19.7 Å². The molecule has 0 saturated heterocycles. The minimum absolute atomic E-state index is 0.239. The van der Waals surface area contributed by atoms with E-state index in [9.17, 15) is 9.59 Å². The number of unbranched alkanes of at least 4 members (excludes halogenated alkanes) is 1. The van der Waals surface area contributed by atoms with E-state index in [2.05, 4.69) is 17.3 Å². The minimum atomic E-state index is -0.255. The van der Waals surface area contributed by atoms with Crippen LogP contribution in [0.25, 0.3) is 0 Å². The number of nitrogens with zero attached hydrogens (tertiary/aromatic N) is 2. The summed E-state index contributed by atoms with van der Waals surface area (Å²) in [7, 11) is 1.55. The molecule has 18 heavy (non-hydrogen) atoms. The largest absolute Gasteiger partial charge is 0.383 e. The van der Waals surface area contributed by atoms with Crippen molar-refractivity contribution in [1.82, 2.24) is 15.1 Å². The molecule has 1 amide bonds. The highest BCUT2D eigenvalue weighted by atomic mass is 16.5. The summed E-state index contributed by atoms with van der Waals surface area (Å²) in [4.78, 5) is 23.2. The summed E-state index contributed by atoms with van der Waals surface area (Å²) < 4.78 is 6.11. The fraction of sp³-hybridized carbons (Fsp3) is 0.583. The van der Waals surface area contributed by atoms with Gasteiger partial charge in [0.15, 0.2) is 0 Å². The zero-order valence-electron chi connectivity index (χ0n) is 10.8. The lowest BCUT2D eigenvalue weighted by Crippen LogP contribution is -2.30. The topological polar surface area (TPSA) is 73.2 Å². The molecular formula is C12H19N3O3. The molecule has 0 spiro atoms. The predicted molar refractivity (Wildman–Crippen MR) is 67.6 cm³/mol. The number of hydrogen-bond acceptors (Lipinski definition) is 4. The van der Waals surface area contributed by atoms with Crippen molar-refractivity contribution in [2.75, 3.05) is 20.3 Å². The Kier molecular flexibility index (Phi) is 6.07. The summed E-state index contributed by atoms with van der Waals surface area (Å²) in [6, 6.07) is 2.78. The van der Waals surface area contributed by atoms with Crippen molar-refractivity contribution in [1.29, 1.82) is 0 Å². The van der Waals surface area contributed by atoms with Crippen LogP contribution < -0.4 is 10.9 Å². The number of methoxy groups -OCH3 is 1. The second-order valence-electron chi connectivity index (χ2n) is 3.88. The van der Waals surface area contributed by atoms with E-state index in [0.717, 1.165) is 12.8 Å². The molecular weight excluding hydrogens is 234 g/mol. The molecule has 1 N–H and O–H groups in total. The van der Waals surface area contributed by atoms with E-state index in [1.54, 1.807) is 7.11 Å². The van der Waals surface area contributed by atoms with E-state index in [4.69, 9.17) is 4.74 Å². The number of amides is 1. The van der Waals surface area contributed by atoms with Crippen LogP contribution in [0.5, 0.6) is 0 Å². The van der Waals surface area contributed by atoms with E-state index < -0.39 is 0 Å². The summed E-state index contributed by atoms with van der Waals surface area (Å²) in [5, 5.41) is 6.76. The quantitative estimate of drug-likeness (QED) is 0.715. The van der Waals surface area contributed by atoms with Crippen molar-refractivity contribution in [2.24, 2.45) is 0 Å². The normalized spacial score (nSPS) is 10.3. The summed E-state index contributed by atoms with van der Waals surface area (Å²) in [5.74, 6) is -0.255. The predicted octanol–water partition coefficient (Wildman–Crippen LogP) is 0.420. The smallest absolute Gasteiger partial charge is 0.271 e. The highest BCUT2D eigenvalue weighted by Crippen LogP contribution is 1.92. The molecule has 0 bridgehead atoms. The van der Waals surface area contributed by atoms with Crippen molar-refractivity contribution in [3.8, 4) is 0 Å². The molecule has 0 atom stereocenters. The molecule has 0 aromatic carbocycles. The maximum absolute atomic E-state index is 11.7. The molecule has 1 aromatic heterocycles. The molecule has 0 aliphatic carbocycles. The van der Waals surface area contributed by atoms with Gasteiger partial charge in [0.05, 0.1) is 13.2 Å². The molecule has 1 heterocycles. The minimum Gasteiger partial charge on any atom is -0.383 e. The number of carbonyl (C=O) groups is 1. The summed E-state index contributed by atoms with van der Waals surface area (Å²) >= 11 is 0. The van der Waals surface area contributed by atoms with Crippen molar-refractivity contribution in [3.63, 3.8) is 0 Å². The lowest BCUT2D eigenvalue weighted by Gasteiger charge is -2.07. The Morgan fingerprint density at radius 3 is 2.94 bits per heavy atom. The second kappa shape index (κ2) is 7.60. The van der Waals surface area contributed by atoms with Gasteiger partial charge in [0.1, 0.15) is 5.69 Å². The van der Waals surface area contributed by atoms with Crippen molar-refractivity contribution in [3.05, 3.63) is 28.2 Å². The van der Waals surface area contributed by atoms with Crippen molar-refractivity contribution in [2.45, 2.75) is 26.3 Å². The summed E-state index contributed by atoms with van der Waals surface area (Å²) in [5.41, 5.74) is 0.0129. The van der Waals surface area contributed by atoms with Crippen LogP contribution >= 0.6 is 0 Å². The average Bonchev–Trinajstić information content (AvgIpc) is 2.38. The van der Waals surface area contributed by atoms with Crippen LogP contribution in [0.3, 0.4) is 0 Å². The number of aromatic nitrogens is 2. The highest BCUT2D eigenvalue weighted by molar-refractivity contribution is 5.91. The third-order valence-electron chi connectivity index (χ3n) is 2.42. The first-order valence-corrected chi connectivity index (χ1v) is 6.04. The van der Waals surface area contributed by atoms with Gasteiger partial charge in [-0.1, -0.05) is 13.3 Å². The average molecular weight is 253 g/mol. The van der Waals surface area contributed by atoms with E-state index >= 15 is 0 Å². The van der Waals surface area contributed by atoms with E-state index in [-0.39, 0.29) is 17.2 Å². The molecule has 0 aliphatic heterocycles. The second-order valence-corrected chi connectivity index (χ2v) is 3.88. The third-order valence-corrected chi connectivity index (χ3v) is 2.42. The molecule has 0 fully saturated rings. The Labute approximate surface area is 106 Å². The highest BCUT2D eigenvalue weighted by Gasteiger charge is 2.08. The number of ether oxygens (including phenoxy) is 1. The number of nitrogens with one attached hydrogen (secondary N) is 1. The molecule has 0 radical (unpaired) electrons. The number of hydrogen-bond donors (Lipinski definition) is 1. The van der Waals surface area contributed by atoms with Crippen LogP contribution in [0.1, 0.15) is 30.3 Å². The lowest BCUT2D eigenvalue weighted by molar-refractivity contribution is 0.0944. The molecule has 6 nitrogen and oxygen atoms in total. The molecule has 0 aliphatic rings. The lowest BCUT2D eigenvalue weighted by atomic mass is 10.3. The Bertz CT molecular complexity index is 442. The van der Waals surface area contributed by atoms with Gasteiger partial charge >= 0.3 is 0 Å². The number of rotatable bonds is 7. The zero-order chi connectivity index (χ0) is 13.4. The molecule has 0 saturated carbocycles.